The number of nitrogens with two attached hydrogens (primary N) is 1. The van der Waals surface area contributed by atoms with Crippen molar-refractivity contribution in [2.75, 3.05) is 30.9 Å². The summed E-state index contributed by atoms with van der Waals surface area (Å²) >= 11 is 0. The average molecular weight is 386 g/mol. The Balaban J connectivity index is 0.00000261. The Labute approximate surface area is 168 Å². The molecule has 3 N–H and O–H groups in total. The smallest absolute Gasteiger partial charge is 0.209 e. The van der Waals surface area contributed by atoms with Crippen LogP contribution < -0.4 is 16.0 Å². The van der Waals surface area contributed by atoms with Crippen molar-refractivity contribution in [3.63, 3.8) is 0 Å². The summed E-state index contributed by atoms with van der Waals surface area (Å²) in [6, 6.07) is 20.2. The molecule has 0 amide bonds. The van der Waals surface area contributed by atoms with Gasteiger partial charge in [0.1, 0.15) is 6.17 Å². The number of hydrogen-bond donors (Lipinski definition) is 2. The van der Waals surface area contributed by atoms with Crippen molar-refractivity contribution in [2.24, 2.45) is 10.7 Å². The number of para-hydroxylation sites is 2. The fraction of sp³-hybridized carbons (Fsp3) is 0.286. The van der Waals surface area contributed by atoms with E-state index in [0.29, 0.717) is 0 Å². The molecule has 0 spiro atoms. The summed E-state index contributed by atoms with van der Waals surface area (Å²) < 4.78 is 0. The first kappa shape index (κ1) is 21.0. The minimum Gasteiger partial charge on any atom is -0.326 e. The van der Waals surface area contributed by atoms with Crippen LogP contribution in [0.25, 0.3) is 0 Å². The van der Waals surface area contributed by atoms with Crippen LogP contribution in [0.4, 0.5) is 11.4 Å². The zero-order chi connectivity index (χ0) is 18.4. The highest BCUT2D eigenvalue weighted by Crippen LogP contribution is 2.25. The molecule has 27 heavy (non-hydrogen) atoms. The van der Waals surface area contributed by atoms with E-state index >= 15 is 0 Å². The van der Waals surface area contributed by atoms with Crippen LogP contribution in [-0.4, -0.2) is 37.7 Å². The van der Waals surface area contributed by atoms with Crippen LogP contribution in [0.5, 0.6) is 0 Å². The van der Waals surface area contributed by atoms with Crippen molar-refractivity contribution in [1.82, 2.24) is 4.90 Å². The minimum absolute atomic E-state index is 0. The first-order chi connectivity index (χ1) is 12.6. The number of nitrogens with one attached hydrogen (secondary N) is 1. The molecule has 2 aromatic carbocycles. The van der Waals surface area contributed by atoms with Gasteiger partial charge in [-0.1, -0.05) is 36.4 Å². The number of anilines is 2. The first-order valence-electron chi connectivity index (χ1n) is 8.98. The Morgan fingerprint density at radius 2 is 1.67 bits per heavy atom. The van der Waals surface area contributed by atoms with Crippen LogP contribution in [0, 0.1) is 0 Å². The molecule has 2 aromatic rings. The standard InChI is InChI=1S/C21H27N5.ClH/c1-25(2)15-9-10-17-16-23-21(24-18-11-5-3-6-12-18)26(20(17)22)19-13-7-4-8-14-19;/h3-8,11-14,16,20H,9-10,15,22H2,1-2H3,(H,23,24);1H. The van der Waals surface area contributed by atoms with Gasteiger partial charge in [0.2, 0.25) is 5.96 Å². The normalized spacial score (nSPS) is 16.4. The van der Waals surface area contributed by atoms with Crippen molar-refractivity contribution in [3.8, 4) is 0 Å². The average Bonchev–Trinajstić information content (AvgIpc) is 2.65. The summed E-state index contributed by atoms with van der Waals surface area (Å²) in [7, 11) is 4.18. The lowest BCUT2D eigenvalue weighted by molar-refractivity contribution is 0.398. The maximum absolute atomic E-state index is 6.64. The molecule has 0 saturated carbocycles. The lowest BCUT2D eigenvalue weighted by atomic mass is 10.1. The predicted octanol–water partition coefficient (Wildman–Crippen LogP) is 3.91. The quantitative estimate of drug-likeness (QED) is 0.791. The molecular formula is C21H28ClN5. The minimum atomic E-state index is -0.233. The molecular weight excluding hydrogens is 358 g/mol. The molecule has 1 unspecified atom stereocenters. The molecule has 0 fully saturated rings. The summed E-state index contributed by atoms with van der Waals surface area (Å²) in [4.78, 5) is 8.95. The van der Waals surface area contributed by atoms with Crippen LogP contribution in [0.2, 0.25) is 0 Å². The maximum Gasteiger partial charge on any atom is 0.209 e. The van der Waals surface area contributed by atoms with Gasteiger partial charge in [-0.3, -0.25) is 4.90 Å². The first-order valence-corrected chi connectivity index (χ1v) is 8.98. The fourth-order valence-corrected chi connectivity index (χ4v) is 3.01. The van der Waals surface area contributed by atoms with Crippen molar-refractivity contribution in [3.05, 3.63) is 72.4 Å². The summed E-state index contributed by atoms with van der Waals surface area (Å²) in [5.41, 5.74) is 9.80. The van der Waals surface area contributed by atoms with E-state index in [1.54, 1.807) is 0 Å². The second-order valence-electron chi connectivity index (χ2n) is 6.70. The predicted molar refractivity (Wildman–Crippen MR) is 118 cm³/mol. The molecule has 0 bridgehead atoms. The summed E-state index contributed by atoms with van der Waals surface area (Å²) in [5, 5.41) is 3.40. The third kappa shape index (κ3) is 5.57. The number of nitrogens with zero attached hydrogens (tertiary/aromatic N) is 3. The van der Waals surface area contributed by atoms with Gasteiger partial charge >= 0.3 is 0 Å². The van der Waals surface area contributed by atoms with E-state index in [4.69, 9.17) is 5.73 Å². The van der Waals surface area contributed by atoms with E-state index in [1.165, 1.54) is 0 Å². The molecule has 144 valence electrons. The Hall–Kier alpha value is -2.34. The summed E-state index contributed by atoms with van der Waals surface area (Å²) in [5.74, 6) is 0.742. The van der Waals surface area contributed by atoms with E-state index in [9.17, 15) is 0 Å². The maximum atomic E-state index is 6.64. The third-order valence-corrected chi connectivity index (χ3v) is 4.37. The van der Waals surface area contributed by atoms with Crippen molar-refractivity contribution >= 4 is 29.7 Å². The van der Waals surface area contributed by atoms with Gasteiger partial charge in [-0.05, 0) is 63.3 Å². The van der Waals surface area contributed by atoms with Gasteiger partial charge in [-0.25, -0.2) is 4.99 Å². The topological polar surface area (TPSA) is 56.9 Å². The highest BCUT2D eigenvalue weighted by molar-refractivity contribution is 6.07. The zero-order valence-electron chi connectivity index (χ0n) is 15.9. The van der Waals surface area contributed by atoms with Gasteiger partial charge in [0.25, 0.3) is 0 Å². The molecule has 1 heterocycles. The second kappa shape index (κ2) is 10.1. The molecule has 0 radical (unpaired) electrons. The van der Waals surface area contributed by atoms with E-state index < -0.39 is 0 Å². The Bertz CT molecular complexity index is 759. The van der Waals surface area contributed by atoms with E-state index in [1.807, 2.05) is 54.7 Å². The lowest BCUT2D eigenvalue weighted by Crippen LogP contribution is -2.51. The number of halogens is 1. The fourth-order valence-electron chi connectivity index (χ4n) is 3.01. The molecule has 0 aliphatic carbocycles. The van der Waals surface area contributed by atoms with Gasteiger partial charge in [-0.15, -0.1) is 12.4 Å². The largest absolute Gasteiger partial charge is 0.326 e. The van der Waals surface area contributed by atoms with E-state index in [0.717, 1.165) is 42.3 Å². The van der Waals surface area contributed by atoms with Crippen molar-refractivity contribution < 1.29 is 0 Å². The van der Waals surface area contributed by atoms with E-state index in [2.05, 4.69) is 46.3 Å². The number of guanidine groups is 1. The molecule has 3 rings (SSSR count). The number of hydrogen-bond acceptors (Lipinski definition) is 5. The lowest BCUT2D eigenvalue weighted by Gasteiger charge is -2.36. The summed E-state index contributed by atoms with van der Waals surface area (Å²) in [6.07, 6.45) is 3.69. The van der Waals surface area contributed by atoms with Crippen LogP contribution in [0.1, 0.15) is 12.8 Å². The van der Waals surface area contributed by atoms with Gasteiger partial charge in [0, 0.05) is 17.6 Å². The second-order valence-corrected chi connectivity index (χ2v) is 6.70. The number of aliphatic imine (C=N–C) groups is 1. The highest BCUT2D eigenvalue weighted by atomic mass is 35.5. The molecule has 0 aromatic heterocycles. The monoisotopic (exact) mass is 385 g/mol. The highest BCUT2D eigenvalue weighted by Gasteiger charge is 2.26. The van der Waals surface area contributed by atoms with Crippen LogP contribution in [0.15, 0.2) is 77.4 Å². The van der Waals surface area contributed by atoms with Gasteiger partial charge in [-0.2, -0.15) is 0 Å². The molecule has 1 aliphatic heterocycles. The van der Waals surface area contributed by atoms with Crippen molar-refractivity contribution in [2.45, 2.75) is 19.0 Å². The summed E-state index contributed by atoms with van der Waals surface area (Å²) in [6.45, 7) is 1.04. The van der Waals surface area contributed by atoms with Gasteiger partial charge < -0.3 is 16.0 Å². The Morgan fingerprint density at radius 3 is 2.30 bits per heavy atom. The SMILES string of the molecule is CN(C)CCCC1=CN=C(Nc2ccccc2)N(c2ccccc2)C1N.Cl. The molecule has 6 heteroatoms. The van der Waals surface area contributed by atoms with Gasteiger partial charge in [0.05, 0.1) is 0 Å². The van der Waals surface area contributed by atoms with Gasteiger partial charge in [0.15, 0.2) is 0 Å². The van der Waals surface area contributed by atoms with Crippen LogP contribution in [0.3, 0.4) is 0 Å². The third-order valence-electron chi connectivity index (χ3n) is 4.37. The van der Waals surface area contributed by atoms with E-state index in [-0.39, 0.29) is 18.6 Å². The Morgan fingerprint density at radius 1 is 1.04 bits per heavy atom. The molecule has 0 saturated heterocycles. The number of benzene rings is 2. The zero-order valence-corrected chi connectivity index (χ0v) is 16.7. The molecule has 1 atom stereocenters. The van der Waals surface area contributed by atoms with Crippen molar-refractivity contribution in [1.29, 1.82) is 0 Å². The molecule has 5 nitrogen and oxygen atoms in total. The van der Waals surface area contributed by atoms with Crippen LogP contribution >= 0.6 is 12.4 Å². The Kier molecular flexibility index (Phi) is 7.85. The molecule has 1 aliphatic rings. The van der Waals surface area contributed by atoms with Crippen LogP contribution in [-0.2, 0) is 0 Å². The number of rotatable bonds is 6.